The van der Waals surface area contributed by atoms with Crippen molar-refractivity contribution in [3.05, 3.63) is 60.4 Å². The molecule has 1 aromatic heterocycles. The highest BCUT2D eigenvalue weighted by Crippen LogP contribution is 2.08. The van der Waals surface area contributed by atoms with Crippen molar-refractivity contribution >= 4 is 29.3 Å². The first-order chi connectivity index (χ1) is 11.7. The second kappa shape index (κ2) is 10.4. The minimum absolute atomic E-state index is 0.0211. The van der Waals surface area contributed by atoms with Gasteiger partial charge in [-0.3, -0.25) is 14.6 Å². The first-order valence-corrected chi connectivity index (χ1v) is 8.98. The zero-order valence-electron chi connectivity index (χ0n) is 13.4. The second-order valence-electron chi connectivity index (χ2n) is 5.21. The van der Waals surface area contributed by atoms with Gasteiger partial charge >= 0.3 is 0 Å². The van der Waals surface area contributed by atoms with Crippen LogP contribution >= 0.6 is 11.8 Å². The minimum atomic E-state index is -0.0211. The quantitative estimate of drug-likeness (QED) is 0.687. The molecule has 6 heteroatoms. The Kier molecular flexibility index (Phi) is 7.83. The highest BCUT2D eigenvalue weighted by Gasteiger charge is 2.04. The van der Waals surface area contributed by atoms with Gasteiger partial charge in [-0.25, -0.2) is 0 Å². The first kappa shape index (κ1) is 18.0. The summed E-state index contributed by atoms with van der Waals surface area (Å²) in [5, 5.41) is 5.70. The zero-order valence-corrected chi connectivity index (χ0v) is 14.2. The van der Waals surface area contributed by atoms with Gasteiger partial charge in [-0.2, -0.15) is 11.8 Å². The molecule has 24 heavy (non-hydrogen) atoms. The van der Waals surface area contributed by atoms with Crippen molar-refractivity contribution in [1.29, 1.82) is 0 Å². The molecular formula is C18H21N3O2S. The van der Waals surface area contributed by atoms with Crippen LogP contribution in [0.2, 0.25) is 0 Å². The summed E-state index contributed by atoms with van der Waals surface area (Å²) in [5.74, 6) is 1.18. The number of nitrogens with zero attached hydrogens (tertiary/aromatic N) is 1. The molecule has 126 valence electrons. The number of benzene rings is 1. The molecule has 1 aromatic carbocycles. The van der Waals surface area contributed by atoms with E-state index in [2.05, 4.69) is 15.6 Å². The number of anilines is 1. The normalized spacial score (nSPS) is 10.2. The van der Waals surface area contributed by atoms with Crippen molar-refractivity contribution in [3.63, 3.8) is 0 Å². The van der Waals surface area contributed by atoms with E-state index in [1.807, 2.05) is 42.5 Å². The summed E-state index contributed by atoms with van der Waals surface area (Å²) in [6, 6.07) is 13.2. The van der Waals surface area contributed by atoms with Gasteiger partial charge in [0.25, 0.3) is 0 Å². The predicted octanol–water partition coefficient (Wildman–Crippen LogP) is 2.85. The molecule has 0 aliphatic heterocycles. The average Bonchev–Trinajstić information content (AvgIpc) is 2.61. The summed E-state index contributed by atoms with van der Waals surface area (Å²) in [7, 11) is 0. The van der Waals surface area contributed by atoms with Crippen LogP contribution in [-0.2, 0) is 16.1 Å². The van der Waals surface area contributed by atoms with E-state index in [0.29, 0.717) is 18.7 Å². The van der Waals surface area contributed by atoms with Crippen LogP contribution < -0.4 is 10.6 Å². The Balaban J connectivity index is 1.51. The fourth-order valence-electron chi connectivity index (χ4n) is 2.01. The lowest BCUT2D eigenvalue weighted by Crippen LogP contribution is -2.22. The van der Waals surface area contributed by atoms with E-state index in [1.165, 1.54) is 11.8 Å². The topological polar surface area (TPSA) is 71.1 Å². The van der Waals surface area contributed by atoms with Crippen molar-refractivity contribution in [2.24, 2.45) is 0 Å². The smallest absolute Gasteiger partial charge is 0.234 e. The number of aromatic nitrogens is 1. The van der Waals surface area contributed by atoms with E-state index >= 15 is 0 Å². The number of carbonyl (C=O) groups is 2. The molecule has 5 nitrogen and oxygen atoms in total. The third-order valence-electron chi connectivity index (χ3n) is 3.20. The molecule has 0 saturated carbocycles. The van der Waals surface area contributed by atoms with Gasteiger partial charge < -0.3 is 10.6 Å². The van der Waals surface area contributed by atoms with Crippen LogP contribution in [-0.4, -0.2) is 28.3 Å². The molecule has 2 rings (SSSR count). The number of hydrogen-bond donors (Lipinski definition) is 2. The van der Waals surface area contributed by atoms with Crippen molar-refractivity contribution in [3.8, 4) is 0 Å². The molecular weight excluding hydrogens is 322 g/mol. The van der Waals surface area contributed by atoms with Gasteiger partial charge in [-0.05, 0) is 35.9 Å². The minimum Gasteiger partial charge on any atom is -0.352 e. The standard InChI is InChI=1S/C18H21N3O2S/c22-17(20-13-15-6-4-10-19-12-15)9-5-11-24-14-18(23)21-16-7-2-1-3-8-16/h1-4,6-8,10,12H,5,9,11,13-14H2,(H,20,22)(H,21,23). The number of hydrogen-bond acceptors (Lipinski definition) is 4. The fourth-order valence-corrected chi connectivity index (χ4v) is 2.76. The van der Waals surface area contributed by atoms with Crippen LogP contribution in [0.25, 0.3) is 0 Å². The summed E-state index contributed by atoms with van der Waals surface area (Å²) in [6.45, 7) is 0.499. The zero-order chi connectivity index (χ0) is 17.0. The highest BCUT2D eigenvalue weighted by atomic mass is 32.2. The van der Waals surface area contributed by atoms with Crippen LogP contribution in [0.3, 0.4) is 0 Å². The molecule has 2 N–H and O–H groups in total. The third kappa shape index (κ3) is 7.28. The number of carbonyl (C=O) groups excluding carboxylic acids is 2. The second-order valence-corrected chi connectivity index (χ2v) is 6.31. The Morgan fingerprint density at radius 2 is 1.88 bits per heavy atom. The van der Waals surface area contributed by atoms with E-state index in [9.17, 15) is 9.59 Å². The van der Waals surface area contributed by atoms with Crippen LogP contribution in [0.4, 0.5) is 5.69 Å². The number of pyridine rings is 1. The lowest BCUT2D eigenvalue weighted by Gasteiger charge is -2.06. The molecule has 2 amide bonds. The fraction of sp³-hybridized carbons (Fsp3) is 0.278. The van der Waals surface area contributed by atoms with Crippen molar-refractivity contribution < 1.29 is 9.59 Å². The molecule has 1 heterocycles. The van der Waals surface area contributed by atoms with E-state index in [1.54, 1.807) is 12.4 Å². The Morgan fingerprint density at radius 1 is 1.04 bits per heavy atom. The molecule has 0 radical (unpaired) electrons. The number of amides is 2. The maximum atomic E-state index is 11.8. The van der Waals surface area contributed by atoms with Gasteiger partial charge in [0, 0.05) is 31.0 Å². The van der Waals surface area contributed by atoms with E-state index in [4.69, 9.17) is 0 Å². The van der Waals surface area contributed by atoms with Crippen LogP contribution in [0.15, 0.2) is 54.9 Å². The Hall–Kier alpha value is -2.34. The Labute approximate surface area is 146 Å². The Morgan fingerprint density at radius 3 is 2.62 bits per heavy atom. The SMILES string of the molecule is O=C(CCCSCC(=O)Nc1ccccc1)NCc1cccnc1. The van der Waals surface area contributed by atoms with E-state index in [0.717, 1.165) is 23.4 Å². The third-order valence-corrected chi connectivity index (χ3v) is 4.24. The van der Waals surface area contributed by atoms with Gasteiger partial charge in [0.05, 0.1) is 5.75 Å². The predicted molar refractivity (Wildman–Crippen MR) is 97.7 cm³/mol. The number of rotatable bonds is 9. The largest absolute Gasteiger partial charge is 0.352 e. The van der Waals surface area contributed by atoms with Crippen molar-refractivity contribution in [2.45, 2.75) is 19.4 Å². The number of thioether (sulfide) groups is 1. The van der Waals surface area contributed by atoms with E-state index < -0.39 is 0 Å². The van der Waals surface area contributed by atoms with Gasteiger partial charge in [0.1, 0.15) is 0 Å². The number of nitrogens with one attached hydrogen (secondary N) is 2. The maximum Gasteiger partial charge on any atom is 0.234 e. The maximum absolute atomic E-state index is 11.8. The molecule has 0 atom stereocenters. The van der Waals surface area contributed by atoms with Crippen molar-refractivity contribution in [1.82, 2.24) is 10.3 Å². The summed E-state index contributed by atoms with van der Waals surface area (Å²) < 4.78 is 0. The molecule has 0 spiro atoms. The summed E-state index contributed by atoms with van der Waals surface area (Å²) in [4.78, 5) is 27.5. The summed E-state index contributed by atoms with van der Waals surface area (Å²) in [6.07, 6.45) is 4.66. The lowest BCUT2D eigenvalue weighted by atomic mass is 10.2. The molecule has 2 aromatic rings. The van der Waals surface area contributed by atoms with Gasteiger partial charge in [-0.1, -0.05) is 24.3 Å². The number of para-hydroxylation sites is 1. The van der Waals surface area contributed by atoms with Gasteiger partial charge in [0.15, 0.2) is 0 Å². The summed E-state index contributed by atoms with van der Waals surface area (Å²) in [5.41, 5.74) is 1.79. The molecule has 0 bridgehead atoms. The molecule has 0 unspecified atom stereocenters. The molecule has 0 saturated heterocycles. The molecule has 0 fully saturated rings. The van der Waals surface area contributed by atoms with Crippen molar-refractivity contribution in [2.75, 3.05) is 16.8 Å². The van der Waals surface area contributed by atoms with E-state index in [-0.39, 0.29) is 11.8 Å². The Bertz CT molecular complexity index is 635. The molecule has 0 aliphatic carbocycles. The van der Waals surface area contributed by atoms with Crippen LogP contribution in [0.5, 0.6) is 0 Å². The van der Waals surface area contributed by atoms with Gasteiger partial charge in [0.2, 0.25) is 11.8 Å². The van der Waals surface area contributed by atoms with Gasteiger partial charge in [-0.15, -0.1) is 0 Å². The lowest BCUT2D eigenvalue weighted by molar-refractivity contribution is -0.121. The van der Waals surface area contributed by atoms with Crippen LogP contribution in [0, 0.1) is 0 Å². The molecule has 0 aliphatic rings. The first-order valence-electron chi connectivity index (χ1n) is 7.82. The highest BCUT2D eigenvalue weighted by molar-refractivity contribution is 7.99. The average molecular weight is 343 g/mol. The van der Waals surface area contributed by atoms with Crippen LogP contribution in [0.1, 0.15) is 18.4 Å². The monoisotopic (exact) mass is 343 g/mol. The summed E-state index contributed by atoms with van der Waals surface area (Å²) >= 11 is 1.54.